The molecule has 0 heterocycles. The highest BCUT2D eigenvalue weighted by Gasteiger charge is 2.25. The lowest BCUT2D eigenvalue weighted by Gasteiger charge is -2.22. The Balaban J connectivity index is 2.02. The number of esters is 4. The zero-order valence-electron chi connectivity index (χ0n) is 21.7. The topological polar surface area (TPSA) is 131 Å². The van der Waals surface area contributed by atoms with Crippen LogP contribution in [0.5, 0.6) is 11.5 Å². The molecule has 0 saturated carbocycles. The van der Waals surface area contributed by atoms with Crippen molar-refractivity contribution >= 4 is 23.9 Å². The van der Waals surface area contributed by atoms with E-state index < -0.39 is 42.1 Å². The first-order chi connectivity index (χ1) is 17.6. The van der Waals surface area contributed by atoms with Crippen LogP contribution in [0.25, 0.3) is 0 Å². The van der Waals surface area contributed by atoms with Crippen molar-refractivity contribution in [2.75, 3.05) is 0 Å². The highest BCUT2D eigenvalue weighted by atomic mass is 16.6. The summed E-state index contributed by atoms with van der Waals surface area (Å²) in [7, 11) is 0. The summed E-state index contributed by atoms with van der Waals surface area (Å²) in [4.78, 5) is 48.9. The van der Waals surface area contributed by atoms with Crippen LogP contribution in [-0.2, 0) is 30.3 Å². The molecular weight excluding hydrogens is 478 g/mol. The normalized spacial score (nSPS) is 13.1. The van der Waals surface area contributed by atoms with Gasteiger partial charge in [-0.2, -0.15) is 0 Å². The summed E-state index contributed by atoms with van der Waals surface area (Å²) in [5.41, 5.74) is 7.04. The van der Waals surface area contributed by atoms with Gasteiger partial charge in [-0.25, -0.2) is 4.79 Å². The highest BCUT2D eigenvalue weighted by molar-refractivity contribution is 5.89. The number of hydrogen-bond acceptors (Lipinski definition) is 9. The molecule has 0 radical (unpaired) electrons. The van der Waals surface area contributed by atoms with Crippen molar-refractivity contribution in [2.24, 2.45) is 5.73 Å². The monoisotopic (exact) mass is 513 g/mol. The van der Waals surface area contributed by atoms with Gasteiger partial charge in [-0.3, -0.25) is 14.4 Å². The number of hydrogen-bond donors (Lipinski definition) is 1. The lowest BCUT2D eigenvalue weighted by Crippen LogP contribution is -2.39. The van der Waals surface area contributed by atoms with Gasteiger partial charge in [0.05, 0.1) is 5.56 Å². The van der Waals surface area contributed by atoms with Crippen LogP contribution in [0.15, 0.2) is 48.5 Å². The van der Waals surface area contributed by atoms with Crippen molar-refractivity contribution in [3.05, 3.63) is 59.7 Å². The molecule has 2 N–H and O–H groups in total. The first kappa shape index (κ1) is 29.5. The number of carbonyl (C=O) groups excluding carboxylic acids is 4. The molecule has 200 valence electrons. The number of rotatable bonds is 13. The van der Waals surface area contributed by atoms with Crippen LogP contribution in [0.1, 0.15) is 69.3 Å². The second-order valence-corrected chi connectivity index (χ2v) is 8.66. The Morgan fingerprint density at radius 2 is 1.35 bits per heavy atom. The third kappa shape index (κ3) is 9.69. The first-order valence-electron chi connectivity index (χ1n) is 12.4. The summed E-state index contributed by atoms with van der Waals surface area (Å²) in [5.74, 6) is -1.92. The van der Waals surface area contributed by atoms with Crippen LogP contribution in [-0.4, -0.2) is 42.1 Å². The second-order valence-electron chi connectivity index (χ2n) is 8.66. The maximum atomic E-state index is 12.6. The van der Waals surface area contributed by atoms with Gasteiger partial charge in [-0.1, -0.05) is 38.1 Å². The van der Waals surface area contributed by atoms with E-state index in [-0.39, 0.29) is 30.8 Å². The maximum Gasteiger partial charge on any atom is 0.338 e. The fourth-order valence-corrected chi connectivity index (χ4v) is 3.21. The average molecular weight is 514 g/mol. The lowest BCUT2D eigenvalue weighted by atomic mass is 10.1. The summed E-state index contributed by atoms with van der Waals surface area (Å²) in [6.07, 6.45) is 0.258. The van der Waals surface area contributed by atoms with Crippen LogP contribution >= 0.6 is 0 Å². The minimum atomic E-state index is -1.04. The molecular formula is C28H35NO8. The Morgan fingerprint density at radius 3 is 1.95 bits per heavy atom. The summed E-state index contributed by atoms with van der Waals surface area (Å²) in [6.45, 7) is 6.93. The number of benzene rings is 2. The number of ether oxygens (including phenoxy) is 4. The van der Waals surface area contributed by atoms with E-state index in [1.807, 2.05) is 13.8 Å². The van der Waals surface area contributed by atoms with Crippen LogP contribution in [0.4, 0.5) is 0 Å². The second kappa shape index (κ2) is 14.7. The molecule has 37 heavy (non-hydrogen) atoms. The van der Waals surface area contributed by atoms with Gasteiger partial charge in [0.2, 0.25) is 0 Å². The van der Waals surface area contributed by atoms with E-state index >= 15 is 0 Å². The maximum absolute atomic E-state index is 12.6. The van der Waals surface area contributed by atoms with Crippen LogP contribution in [0.3, 0.4) is 0 Å². The van der Waals surface area contributed by atoms with Gasteiger partial charge in [0.1, 0.15) is 18.2 Å². The first-order valence-corrected chi connectivity index (χ1v) is 12.4. The standard InChI is InChI=1S/C28H35NO8/c1-5-10-25(30)36-23-15-14-20(17-24(23)37-26(31)11-6-2)16-22(29)28(33)35-19(4)18(3)34-27(32)21-12-8-7-9-13-21/h7-9,12-15,17-19,22H,5-6,10-11,16,29H2,1-4H3/t18-,19-,22-/m0/s1. The summed E-state index contributed by atoms with van der Waals surface area (Å²) in [6, 6.07) is 12.1. The van der Waals surface area contributed by atoms with E-state index in [0.717, 1.165) is 0 Å². The average Bonchev–Trinajstić information content (AvgIpc) is 2.86. The van der Waals surface area contributed by atoms with Gasteiger partial charge >= 0.3 is 23.9 Å². The minimum Gasteiger partial charge on any atom is -0.458 e. The zero-order valence-corrected chi connectivity index (χ0v) is 21.7. The van der Waals surface area contributed by atoms with E-state index in [1.165, 1.54) is 12.1 Å². The van der Waals surface area contributed by atoms with Crippen molar-refractivity contribution in [3.8, 4) is 11.5 Å². The zero-order chi connectivity index (χ0) is 27.4. The summed E-state index contributed by atoms with van der Waals surface area (Å²) in [5, 5.41) is 0. The quantitative estimate of drug-likeness (QED) is 0.310. The number of nitrogens with two attached hydrogens (primary N) is 1. The van der Waals surface area contributed by atoms with Gasteiger partial charge in [0.15, 0.2) is 11.5 Å². The molecule has 2 aromatic rings. The van der Waals surface area contributed by atoms with E-state index in [2.05, 4.69) is 0 Å². The lowest BCUT2D eigenvalue weighted by molar-refractivity contribution is -0.155. The Labute approximate surface area is 217 Å². The molecule has 0 fully saturated rings. The van der Waals surface area contributed by atoms with Crippen LogP contribution in [0.2, 0.25) is 0 Å². The van der Waals surface area contributed by atoms with Crippen molar-refractivity contribution in [2.45, 2.75) is 78.0 Å². The highest BCUT2D eigenvalue weighted by Crippen LogP contribution is 2.30. The van der Waals surface area contributed by atoms with Gasteiger partial charge in [0, 0.05) is 12.8 Å². The van der Waals surface area contributed by atoms with Crippen molar-refractivity contribution in [3.63, 3.8) is 0 Å². The molecule has 2 rings (SSSR count). The molecule has 0 bridgehead atoms. The SMILES string of the molecule is CCCC(=O)Oc1ccc(C[C@H](N)C(=O)O[C@@H](C)[C@H](C)OC(=O)c2ccccc2)cc1OC(=O)CCC. The Bertz CT molecular complexity index is 1070. The van der Waals surface area contributed by atoms with Crippen LogP contribution in [0, 0.1) is 0 Å². The van der Waals surface area contributed by atoms with Gasteiger partial charge < -0.3 is 24.7 Å². The minimum absolute atomic E-state index is 0.0747. The van der Waals surface area contributed by atoms with Crippen molar-refractivity contribution in [1.29, 1.82) is 0 Å². The van der Waals surface area contributed by atoms with E-state index in [4.69, 9.17) is 24.7 Å². The summed E-state index contributed by atoms with van der Waals surface area (Å²) < 4.78 is 21.5. The molecule has 9 nitrogen and oxygen atoms in total. The predicted octanol–water partition coefficient (Wildman–Crippen LogP) is 4.14. The molecule has 0 saturated heterocycles. The predicted molar refractivity (Wildman–Crippen MR) is 136 cm³/mol. The van der Waals surface area contributed by atoms with Gasteiger partial charge in [-0.15, -0.1) is 0 Å². The van der Waals surface area contributed by atoms with Crippen LogP contribution < -0.4 is 15.2 Å². The van der Waals surface area contributed by atoms with E-state index in [1.54, 1.807) is 50.2 Å². The largest absolute Gasteiger partial charge is 0.458 e. The number of carbonyl (C=O) groups is 4. The van der Waals surface area contributed by atoms with E-state index in [0.29, 0.717) is 24.0 Å². The Morgan fingerprint density at radius 1 is 0.784 bits per heavy atom. The third-order valence-corrected chi connectivity index (χ3v) is 5.39. The fraction of sp³-hybridized carbons (Fsp3) is 0.429. The molecule has 0 unspecified atom stereocenters. The molecule has 9 heteroatoms. The van der Waals surface area contributed by atoms with Gasteiger partial charge in [0.25, 0.3) is 0 Å². The van der Waals surface area contributed by atoms with E-state index in [9.17, 15) is 19.2 Å². The molecule has 0 amide bonds. The fourth-order valence-electron chi connectivity index (χ4n) is 3.21. The molecule has 2 aromatic carbocycles. The molecule has 0 aliphatic carbocycles. The smallest absolute Gasteiger partial charge is 0.338 e. The molecule has 3 atom stereocenters. The van der Waals surface area contributed by atoms with Crippen molar-refractivity contribution < 1.29 is 38.1 Å². The third-order valence-electron chi connectivity index (χ3n) is 5.39. The van der Waals surface area contributed by atoms with Crippen molar-refractivity contribution in [1.82, 2.24) is 0 Å². The Hall–Kier alpha value is -3.72. The summed E-state index contributed by atoms with van der Waals surface area (Å²) >= 11 is 0. The molecule has 0 aromatic heterocycles. The molecule has 0 spiro atoms. The Kier molecular flexibility index (Phi) is 11.8. The molecule has 0 aliphatic rings. The molecule has 0 aliphatic heterocycles. The van der Waals surface area contributed by atoms with Gasteiger partial charge in [-0.05, 0) is 62.9 Å².